The molecule has 0 aliphatic carbocycles. The van der Waals surface area contributed by atoms with Gasteiger partial charge in [-0.3, -0.25) is 19.6 Å². The lowest BCUT2D eigenvalue weighted by Crippen LogP contribution is -2.24. The number of aromatic nitrogens is 2. The van der Waals surface area contributed by atoms with Gasteiger partial charge in [0, 0.05) is 25.4 Å². The summed E-state index contributed by atoms with van der Waals surface area (Å²) in [6.07, 6.45) is 3.94. The number of furan rings is 1. The first-order valence-electron chi connectivity index (χ1n) is 8.85. The molecule has 0 saturated heterocycles. The third-order valence-electron chi connectivity index (χ3n) is 4.02. The van der Waals surface area contributed by atoms with Gasteiger partial charge in [-0.1, -0.05) is 17.7 Å². The zero-order valence-corrected chi connectivity index (χ0v) is 16.4. The summed E-state index contributed by atoms with van der Waals surface area (Å²) in [5.74, 6) is 0.318. The monoisotopic (exact) mass is 418 g/mol. The molecule has 0 saturated carbocycles. The Labute approximate surface area is 171 Å². The number of rotatable bonds is 9. The Kier molecular flexibility index (Phi) is 6.50. The Hall–Kier alpha value is -3.33. The van der Waals surface area contributed by atoms with Crippen molar-refractivity contribution < 1.29 is 18.9 Å². The van der Waals surface area contributed by atoms with Crippen LogP contribution in [0.3, 0.4) is 0 Å². The second-order valence-electron chi connectivity index (χ2n) is 6.31. The molecule has 3 rings (SSSR count). The normalized spacial score (nSPS) is 10.7. The van der Waals surface area contributed by atoms with Gasteiger partial charge in [0.15, 0.2) is 11.5 Å². The van der Waals surface area contributed by atoms with Crippen LogP contribution in [0.25, 0.3) is 0 Å². The number of hydrogen-bond donors (Lipinski definition) is 1. The molecule has 0 aliphatic rings. The lowest BCUT2D eigenvalue weighted by atomic mass is 10.2. The minimum atomic E-state index is -0.499. The number of carbonyl (C=O) groups excluding carboxylic acids is 1. The van der Waals surface area contributed by atoms with Gasteiger partial charge in [-0.05, 0) is 37.1 Å². The van der Waals surface area contributed by atoms with E-state index in [1.165, 1.54) is 18.2 Å². The van der Waals surface area contributed by atoms with Gasteiger partial charge >= 0.3 is 5.69 Å². The molecule has 0 unspecified atom stereocenters. The molecule has 2 aromatic heterocycles. The summed E-state index contributed by atoms with van der Waals surface area (Å²) >= 11 is 5.79. The molecule has 1 amide bonds. The van der Waals surface area contributed by atoms with E-state index in [0.29, 0.717) is 30.3 Å². The molecular formula is C19H19ClN4O5. The molecule has 1 N–H and O–H groups in total. The number of hydrogen-bond acceptors (Lipinski definition) is 6. The van der Waals surface area contributed by atoms with Gasteiger partial charge in [-0.15, -0.1) is 0 Å². The SMILES string of the molecule is Cc1ccc(OCc2ccc(C(=O)NCCCn3cc(Cl)cn3)o2)c([N+](=O)[O-])c1. The highest BCUT2D eigenvalue weighted by Crippen LogP contribution is 2.28. The van der Waals surface area contributed by atoms with E-state index in [9.17, 15) is 14.9 Å². The zero-order chi connectivity index (χ0) is 20.8. The predicted molar refractivity (Wildman–Crippen MR) is 105 cm³/mol. The average Bonchev–Trinajstić information content (AvgIpc) is 3.33. The quantitative estimate of drug-likeness (QED) is 0.321. The molecule has 29 heavy (non-hydrogen) atoms. The maximum atomic E-state index is 12.2. The van der Waals surface area contributed by atoms with Crippen molar-refractivity contribution in [1.82, 2.24) is 15.1 Å². The molecule has 10 heteroatoms. The number of nitrogens with zero attached hydrogens (tertiary/aromatic N) is 3. The lowest BCUT2D eigenvalue weighted by Gasteiger charge is -2.06. The molecule has 2 heterocycles. The molecular weight excluding hydrogens is 400 g/mol. The molecule has 1 aromatic carbocycles. The summed E-state index contributed by atoms with van der Waals surface area (Å²) < 4.78 is 12.7. The zero-order valence-electron chi connectivity index (χ0n) is 15.6. The van der Waals surface area contributed by atoms with Gasteiger partial charge in [0.2, 0.25) is 0 Å². The number of carbonyl (C=O) groups is 1. The van der Waals surface area contributed by atoms with Crippen LogP contribution in [0.2, 0.25) is 5.02 Å². The van der Waals surface area contributed by atoms with Crippen LogP contribution in [-0.2, 0) is 13.2 Å². The van der Waals surface area contributed by atoms with Gasteiger partial charge in [0.25, 0.3) is 5.91 Å². The molecule has 0 radical (unpaired) electrons. The molecule has 0 bridgehead atoms. The second-order valence-corrected chi connectivity index (χ2v) is 6.75. The summed E-state index contributed by atoms with van der Waals surface area (Å²) in [5.41, 5.74) is 0.643. The Morgan fingerprint density at radius 1 is 1.38 bits per heavy atom. The molecule has 9 nitrogen and oxygen atoms in total. The first-order chi connectivity index (χ1) is 13.9. The van der Waals surface area contributed by atoms with Gasteiger partial charge in [-0.2, -0.15) is 5.10 Å². The van der Waals surface area contributed by atoms with Crippen molar-refractivity contribution in [3.05, 3.63) is 74.9 Å². The van der Waals surface area contributed by atoms with E-state index in [2.05, 4.69) is 10.4 Å². The number of halogens is 1. The van der Waals surface area contributed by atoms with Gasteiger partial charge in [-0.25, -0.2) is 0 Å². The van der Waals surface area contributed by atoms with Crippen LogP contribution < -0.4 is 10.1 Å². The van der Waals surface area contributed by atoms with E-state index in [1.807, 2.05) is 0 Å². The number of nitro benzene ring substituents is 1. The van der Waals surface area contributed by atoms with Crippen molar-refractivity contribution >= 4 is 23.2 Å². The van der Waals surface area contributed by atoms with Crippen LogP contribution in [0.4, 0.5) is 5.69 Å². The van der Waals surface area contributed by atoms with Crippen molar-refractivity contribution in [2.45, 2.75) is 26.5 Å². The van der Waals surface area contributed by atoms with Crippen LogP contribution >= 0.6 is 11.6 Å². The van der Waals surface area contributed by atoms with E-state index in [-0.39, 0.29) is 29.7 Å². The lowest BCUT2D eigenvalue weighted by molar-refractivity contribution is -0.386. The Balaban J connectivity index is 1.49. The summed E-state index contributed by atoms with van der Waals surface area (Å²) in [6.45, 7) is 2.80. The first kappa shape index (κ1) is 20.4. The highest BCUT2D eigenvalue weighted by Gasteiger charge is 2.16. The fraction of sp³-hybridized carbons (Fsp3) is 0.263. The minimum absolute atomic E-state index is 0.0305. The third kappa shape index (κ3) is 5.58. The van der Waals surface area contributed by atoms with Crippen LogP contribution in [0, 0.1) is 17.0 Å². The molecule has 0 spiro atoms. The maximum Gasteiger partial charge on any atom is 0.311 e. The highest BCUT2D eigenvalue weighted by molar-refractivity contribution is 6.30. The van der Waals surface area contributed by atoms with Crippen molar-refractivity contribution in [2.24, 2.45) is 0 Å². The minimum Gasteiger partial charge on any atom is -0.479 e. The van der Waals surface area contributed by atoms with E-state index >= 15 is 0 Å². The third-order valence-corrected chi connectivity index (χ3v) is 4.21. The smallest absolute Gasteiger partial charge is 0.311 e. The predicted octanol–water partition coefficient (Wildman–Crippen LogP) is 3.75. The van der Waals surface area contributed by atoms with Gasteiger partial charge < -0.3 is 14.5 Å². The fourth-order valence-corrected chi connectivity index (χ4v) is 2.77. The number of nitrogens with one attached hydrogen (secondary N) is 1. The van der Waals surface area contributed by atoms with E-state index in [0.717, 1.165) is 5.56 Å². The summed E-state index contributed by atoms with van der Waals surface area (Å²) in [4.78, 5) is 22.8. The molecule has 0 fully saturated rings. The first-order valence-corrected chi connectivity index (χ1v) is 9.23. The largest absolute Gasteiger partial charge is 0.479 e. The van der Waals surface area contributed by atoms with Crippen LogP contribution in [0.5, 0.6) is 5.75 Å². The number of ether oxygens (including phenoxy) is 1. The second kappa shape index (κ2) is 9.24. The molecule has 0 atom stereocenters. The maximum absolute atomic E-state index is 12.2. The van der Waals surface area contributed by atoms with Gasteiger partial charge in [0.05, 0.1) is 16.1 Å². The molecule has 152 valence electrons. The molecule has 3 aromatic rings. The van der Waals surface area contributed by atoms with Crippen LogP contribution in [-0.4, -0.2) is 27.2 Å². The number of nitro groups is 1. The van der Waals surface area contributed by atoms with Crippen molar-refractivity contribution in [1.29, 1.82) is 0 Å². The van der Waals surface area contributed by atoms with E-state index in [4.69, 9.17) is 20.8 Å². The van der Waals surface area contributed by atoms with Crippen molar-refractivity contribution in [2.75, 3.05) is 6.54 Å². The Bertz CT molecular complexity index is 1010. The van der Waals surface area contributed by atoms with Crippen LogP contribution in [0.1, 0.15) is 28.3 Å². The highest BCUT2D eigenvalue weighted by atomic mass is 35.5. The summed E-state index contributed by atoms with van der Waals surface area (Å²) in [5, 5.41) is 18.5. The van der Waals surface area contributed by atoms with Gasteiger partial charge in [0.1, 0.15) is 12.4 Å². The summed E-state index contributed by atoms with van der Waals surface area (Å²) in [6, 6.07) is 7.83. The molecule has 0 aliphatic heterocycles. The van der Waals surface area contributed by atoms with Crippen LogP contribution in [0.15, 0.2) is 47.1 Å². The van der Waals surface area contributed by atoms with E-state index < -0.39 is 4.92 Å². The van der Waals surface area contributed by atoms with Crippen molar-refractivity contribution in [3.8, 4) is 5.75 Å². The van der Waals surface area contributed by atoms with E-state index in [1.54, 1.807) is 36.1 Å². The van der Waals surface area contributed by atoms with Crippen molar-refractivity contribution in [3.63, 3.8) is 0 Å². The number of aryl methyl sites for hydroxylation is 2. The Morgan fingerprint density at radius 3 is 2.93 bits per heavy atom. The Morgan fingerprint density at radius 2 is 2.21 bits per heavy atom. The topological polar surface area (TPSA) is 112 Å². The fourth-order valence-electron chi connectivity index (χ4n) is 2.61. The average molecular weight is 419 g/mol. The number of amides is 1. The number of benzene rings is 1. The summed E-state index contributed by atoms with van der Waals surface area (Å²) in [7, 11) is 0. The standard InChI is InChI=1S/C19H19ClN4O5/c1-13-3-5-17(16(9-13)24(26)27)28-12-15-4-6-18(29-15)19(25)21-7-2-8-23-11-14(20)10-22-23/h3-6,9-11H,2,7-8,12H2,1H3,(H,21,25).